The Labute approximate surface area is 136 Å². The molecule has 2 rings (SSSR count). The number of benzene rings is 2. The van der Waals surface area contributed by atoms with E-state index in [-0.39, 0.29) is 5.82 Å². The Hall–Kier alpha value is -1.63. The highest BCUT2D eigenvalue weighted by atomic mass is 127. The summed E-state index contributed by atoms with van der Waals surface area (Å²) >= 11 is 2.10. The minimum atomic E-state index is -0.279. The van der Waals surface area contributed by atoms with Gasteiger partial charge in [0.05, 0.1) is 10.2 Å². The molecule has 2 aromatic rings. The molecule has 110 valence electrons. The van der Waals surface area contributed by atoms with E-state index in [0.717, 1.165) is 15.4 Å². The smallest absolute Gasteiger partial charge is 0.175 e. The Morgan fingerprint density at radius 3 is 2.52 bits per heavy atom. The second-order valence-corrected chi connectivity index (χ2v) is 5.46. The lowest BCUT2D eigenvalue weighted by molar-refractivity contribution is 0.112. The number of rotatable bonds is 6. The molecule has 0 saturated heterocycles. The SMILES string of the molecule is CCOc1cc(C=O)cc(I)c1OCc1ccc(F)cc1. The summed E-state index contributed by atoms with van der Waals surface area (Å²) in [5, 5.41) is 0. The van der Waals surface area contributed by atoms with E-state index in [2.05, 4.69) is 22.6 Å². The van der Waals surface area contributed by atoms with E-state index in [1.165, 1.54) is 12.1 Å². The van der Waals surface area contributed by atoms with Gasteiger partial charge in [-0.1, -0.05) is 12.1 Å². The maximum Gasteiger partial charge on any atom is 0.175 e. The van der Waals surface area contributed by atoms with Crippen molar-refractivity contribution in [2.75, 3.05) is 6.61 Å². The van der Waals surface area contributed by atoms with E-state index in [4.69, 9.17) is 9.47 Å². The molecule has 0 unspecified atom stereocenters. The van der Waals surface area contributed by atoms with E-state index >= 15 is 0 Å². The van der Waals surface area contributed by atoms with Crippen molar-refractivity contribution in [2.45, 2.75) is 13.5 Å². The Morgan fingerprint density at radius 1 is 1.19 bits per heavy atom. The van der Waals surface area contributed by atoms with Crippen LogP contribution in [0, 0.1) is 9.39 Å². The van der Waals surface area contributed by atoms with Crippen molar-refractivity contribution >= 4 is 28.9 Å². The molecule has 0 atom stereocenters. The number of carbonyl (C=O) groups is 1. The lowest BCUT2D eigenvalue weighted by atomic mass is 10.2. The topological polar surface area (TPSA) is 35.5 Å². The van der Waals surface area contributed by atoms with E-state index < -0.39 is 0 Å². The van der Waals surface area contributed by atoms with Gasteiger partial charge in [-0.2, -0.15) is 0 Å². The van der Waals surface area contributed by atoms with E-state index in [1.807, 2.05) is 6.92 Å². The highest BCUT2D eigenvalue weighted by Crippen LogP contribution is 2.34. The van der Waals surface area contributed by atoms with E-state index in [9.17, 15) is 9.18 Å². The van der Waals surface area contributed by atoms with Crippen LogP contribution in [0.25, 0.3) is 0 Å². The standard InChI is InChI=1S/C16H14FIO3/c1-2-20-15-8-12(9-19)7-14(18)16(15)21-10-11-3-5-13(17)6-4-11/h3-9H,2,10H2,1H3. The minimum absolute atomic E-state index is 0.279. The molecule has 5 heteroatoms. The lowest BCUT2D eigenvalue weighted by Crippen LogP contribution is -2.02. The fraction of sp³-hybridized carbons (Fsp3) is 0.188. The largest absolute Gasteiger partial charge is 0.490 e. The van der Waals surface area contributed by atoms with Crippen LogP contribution < -0.4 is 9.47 Å². The minimum Gasteiger partial charge on any atom is -0.490 e. The zero-order valence-electron chi connectivity index (χ0n) is 11.4. The monoisotopic (exact) mass is 400 g/mol. The second kappa shape index (κ2) is 7.40. The van der Waals surface area contributed by atoms with Crippen LogP contribution in [0.3, 0.4) is 0 Å². The molecule has 0 fully saturated rings. The van der Waals surface area contributed by atoms with Crippen LogP contribution in [0.4, 0.5) is 4.39 Å². The van der Waals surface area contributed by atoms with Crippen molar-refractivity contribution in [2.24, 2.45) is 0 Å². The molecule has 0 heterocycles. The molecular formula is C16H14FIO3. The number of hydrogen-bond acceptors (Lipinski definition) is 3. The molecule has 0 radical (unpaired) electrons. The van der Waals surface area contributed by atoms with Gasteiger partial charge < -0.3 is 9.47 Å². The van der Waals surface area contributed by atoms with Crippen molar-refractivity contribution in [1.82, 2.24) is 0 Å². The average molecular weight is 400 g/mol. The number of halogens is 2. The molecular weight excluding hydrogens is 386 g/mol. The van der Waals surface area contributed by atoms with E-state index in [1.54, 1.807) is 24.3 Å². The third-order valence-corrected chi connectivity index (χ3v) is 3.57. The van der Waals surface area contributed by atoms with E-state index in [0.29, 0.717) is 30.3 Å². The summed E-state index contributed by atoms with van der Waals surface area (Å²) in [4.78, 5) is 10.9. The summed E-state index contributed by atoms with van der Waals surface area (Å²) < 4.78 is 25.0. The lowest BCUT2D eigenvalue weighted by Gasteiger charge is -2.14. The van der Waals surface area contributed by atoms with Crippen molar-refractivity contribution in [3.63, 3.8) is 0 Å². The van der Waals surface area contributed by atoms with Gasteiger partial charge in [-0.05, 0) is 59.3 Å². The predicted octanol–water partition coefficient (Wildman–Crippen LogP) is 4.22. The van der Waals surface area contributed by atoms with Crippen LogP contribution in [0.2, 0.25) is 0 Å². The van der Waals surface area contributed by atoms with Crippen LogP contribution in [-0.2, 0) is 6.61 Å². The second-order valence-electron chi connectivity index (χ2n) is 4.30. The molecule has 0 amide bonds. The number of carbonyl (C=O) groups excluding carboxylic acids is 1. The van der Waals surface area contributed by atoms with Crippen LogP contribution in [-0.4, -0.2) is 12.9 Å². The van der Waals surface area contributed by atoms with Crippen LogP contribution >= 0.6 is 22.6 Å². The molecule has 0 spiro atoms. The first-order valence-corrected chi connectivity index (χ1v) is 7.50. The third-order valence-electron chi connectivity index (χ3n) is 2.76. The zero-order valence-corrected chi connectivity index (χ0v) is 13.6. The van der Waals surface area contributed by atoms with Gasteiger partial charge in [-0.15, -0.1) is 0 Å². The van der Waals surface area contributed by atoms with Crippen molar-refractivity contribution in [1.29, 1.82) is 0 Å². The van der Waals surface area contributed by atoms with Crippen molar-refractivity contribution < 1.29 is 18.7 Å². The summed E-state index contributed by atoms with van der Waals surface area (Å²) in [6.07, 6.45) is 0.772. The van der Waals surface area contributed by atoms with Crippen molar-refractivity contribution in [3.8, 4) is 11.5 Å². The van der Waals surface area contributed by atoms with Gasteiger partial charge in [0.2, 0.25) is 0 Å². The highest BCUT2D eigenvalue weighted by Gasteiger charge is 2.12. The molecule has 21 heavy (non-hydrogen) atoms. The van der Waals surface area contributed by atoms with Gasteiger partial charge in [-0.25, -0.2) is 4.39 Å². The fourth-order valence-electron chi connectivity index (χ4n) is 1.80. The first-order valence-electron chi connectivity index (χ1n) is 6.42. The zero-order chi connectivity index (χ0) is 15.2. The normalized spacial score (nSPS) is 10.2. The molecule has 3 nitrogen and oxygen atoms in total. The van der Waals surface area contributed by atoms with Crippen LogP contribution in [0.1, 0.15) is 22.8 Å². The third kappa shape index (κ3) is 4.17. The molecule has 2 aromatic carbocycles. The van der Waals surface area contributed by atoms with Crippen molar-refractivity contribution in [3.05, 3.63) is 56.9 Å². The van der Waals surface area contributed by atoms with Crippen LogP contribution in [0.15, 0.2) is 36.4 Å². The first-order chi connectivity index (χ1) is 10.1. The highest BCUT2D eigenvalue weighted by molar-refractivity contribution is 14.1. The van der Waals surface area contributed by atoms with Gasteiger partial charge in [0.25, 0.3) is 0 Å². The Kier molecular flexibility index (Phi) is 5.55. The van der Waals surface area contributed by atoms with Crippen LogP contribution in [0.5, 0.6) is 11.5 Å². The van der Waals surface area contributed by atoms with Gasteiger partial charge >= 0.3 is 0 Å². The number of hydrogen-bond donors (Lipinski definition) is 0. The molecule has 0 N–H and O–H groups in total. The molecule has 0 aliphatic heterocycles. The van der Waals surface area contributed by atoms with Gasteiger partial charge in [0.15, 0.2) is 11.5 Å². The molecule has 0 saturated carbocycles. The maximum atomic E-state index is 12.9. The van der Waals surface area contributed by atoms with Gasteiger partial charge in [0, 0.05) is 5.56 Å². The average Bonchev–Trinajstić information content (AvgIpc) is 2.48. The maximum absolute atomic E-state index is 12.9. The Bertz CT molecular complexity index is 626. The molecule has 0 aliphatic rings. The predicted molar refractivity (Wildman–Crippen MR) is 86.4 cm³/mol. The molecule has 0 aromatic heterocycles. The fourth-order valence-corrected chi connectivity index (χ4v) is 2.58. The first kappa shape index (κ1) is 15.8. The summed E-state index contributed by atoms with van der Waals surface area (Å²) in [6, 6.07) is 9.50. The quantitative estimate of drug-likeness (QED) is 0.538. The van der Waals surface area contributed by atoms with Gasteiger partial charge in [0.1, 0.15) is 18.7 Å². The van der Waals surface area contributed by atoms with Gasteiger partial charge in [-0.3, -0.25) is 4.79 Å². The Balaban J connectivity index is 2.21. The summed E-state index contributed by atoms with van der Waals surface area (Å²) in [5.74, 6) is 0.847. The molecule has 0 aliphatic carbocycles. The number of ether oxygens (including phenoxy) is 2. The summed E-state index contributed by atoms with van der Waals surface area (Å²) in [5.41, 5.74) is 1.39. The number of aldehydes is 1. The summed E-state index contributed by atoms with van der Waals surface area (Å²) in [6.45, 7) is 2.65. The Morgan fingerprint density at radius 2 is 1.90 bits per heavy atom. The molecule has 0 bridgehead atoms. The summed E-state index contributed by atoms with van der Waals surface area (Å²) in [7, 11) is 0.